The first kappa shape index (κ1) is 12.6. The number of hydrogen-bond acceptors (Lipinski definition) is 3. The van der Waals surface area contributed by atoms with Crippen LogP contribution in [0.1, 0.15) is 18.1 Å². The van der Waals surface area contributed by atoms with E-state index in [1.165, 1.54) is 12.7 Å². The number of methoxy groups -OCH3 is 1. The Labute approximate surface area is 106 Å². The van der Waals surface area contributed by atoms with Gasteiger partial charge in [0.2, 0.25) is 0 Å². The first-order valence-corrected chi connectivity index (χ1v) is 6.08. The molecule has 4 heteroatoms. The van der Waals surface area contributed by atoms with E-state index in [0.717, 1.165) is 22.9 Å². The molecule has 1 unspecified atom stereocenters. The molecular weight excluding hydrogens is 228 g/mol. The summed E-state index contributed by atoms with van der Waals surface area (Å²) in [6, 6.07) is 5.56. The number of para-hydroxylation sites is 1. The van der Waals surface area contributed by atoms with Crippen LogP contribution in [0.3, 0.4) is 0 Å². The number of hydrogen-bond donors (Lipinski definition) is 2. The van der Waals surface area contributed by atoms with Crippen LogP contribution in [0.25, 0.3) is 10.9 Å². The van der Waals surface area contributed by atoms with Crippen LogP contribution in [-0.4, -0.2) is 24.1 Å². The summed E-state index contributed by atoms with van der Waals surface area (Å²) in [4.78, 5) is 14.6. The summed E-state index contributed by atoms with van der Waals surface area (Å²) in [5.41, 5.74) is 9.25. The van der Waals surface area contributed by atoms with E-state index in [9.17, 15) is 4.79 Å². The normalized spacial score (nSPS) is 12.6. The van der Waals surface area contributed by atoms with E-state index in [2.05, 4.69) is 22.7 Å². The van der Waals surface area contributed by atoms with E-state index in [4.69, 9.17) is 5.73 Å². The van der Waals surface area contributed by atoms with Gasteiger partial charge in [-0.05, 0) is 17.5 Å². The summed E-state index contributed by atoms with van der Waals surface area (Å²) < 4.78 is 4.64. The number of aryl methyl sites for hydroxylation is 1. The van der Waals surface area contributed by atoms with Crippen molar-refractivity contribution in [3.8, 4) is 0 Å². The number of carbonyl (C=O) groups excluding carboxylic acids is 1. The lowest BCUT2D eigenvalue weighted by molar-refractivity contribution is -0.142. The number of aromatic nitrogens is 1. The number of carbonyl (C=O) groups is 1. The van der Waals surface area contributed by atoms with Crippen molar-refractivity contribution in [1.82, 2.24) is 4.98 Å². The Morgan fingerprint density at radius 3 is 2.89 bits per heavy atom. The van der Waals surface area contributed by atoms with Gasteiger partial charge in [0.25, 0.3) is 0 Å². The Balaban J connectivity index is 2.32. The lowest BCUT2D eigenvalue weighted by Gasteiger charge is -2.08. The van der Waals surface area contributed by atoms with Crippen molar-refractivity contribution >= 4 is 16.9 Å². The van der Waals surface area contributed by atoms with Crippen molar-refractivity contribution in [2.75, 3.05) is 7.11 Å². The maximum atomic E-state index is 11.3. The SMILES string of the molecule is CCc1cccc2c(CC(N)C(=O)OC)c[nH]c12. The predicted octanol–water partition coefficient (Wildman–Crippen LogP) is 1.77. The summed E-state index contributed by atoms with van der Waals surface area (Å²) in [7, 11) is 1.35. The average molecular weight is 246 g/mol. The standard InChI is InChI=1S/C14H18N2O2/c1-3-9-5-4-6-11-10(8-16-13(9)11)7-12(15)14(17)18-2/h4-6,8,12,16H,3,7,15H2,1-2H3. The second-order valence-corrected chi connectivity index (χ2v) is 4.34. The van der Waals surface area contributed by atoms with E-state index in [-0.39, 0.29) is 5.97 Å². The molecule has 1 heterocycles. The van der Waals surface area contributed by atoms with Crippen molar-refractivity contribution in [3.05, 3.63) is 35.5 Å². The largest absolute Gasteiger partial charge is 0.468 e. The van der Waals surface area contributed by atoms with Crippen molar-refractivity contribution in [2.24, 2.45) is 5.73 Å². The summed E-state index contributed by atoms with van der Waals surface area (Å²) in [6.07, 6.45) is 3.38. The van der Waals surface area contributed by atoms with Crippen molar-refractivity contribution in [3.63, 3.8) is 0 Å². The Morgan fingerprint density at radius 1 is 1.44 bits per heavy atom. The first-order valence-electron chi connectivity index (χ1n) is 6.08. The van der Waals surface area contributed by atoms with Gasteiger partial charge in [-0.25, -0.2) is 0 Å². The average Bonchev–Trinajstić information content (AvgIpc) is 2.81. The molecule has 0 saturated carbocycles. The molecule has 3 N–H and O–H groups in total. The molecule has 0 bridgehead atoms. The molecule has 0 aliphatic rings. The lowest BCUT2D eigenvalue weighted by Crippen LogP contribution is -2.33. The van der Waals surface area contributed by atoms with Gasteiger partial charge >= 0.3 is 5.97 Å². The van der Waals surface area contributed by atoms with E-state index >= 15 is 0 Å². The summed E-state index contributed by atoms with van der Waals surface area (Å²) >= 11 is 0. The smallest absolute Gasteiger partial charge is 0.322 e. The van der Waals surface area contributed by atoms with Gasteiger partial charge in [0.1, 0.15) is 6.04 Å². The molecule has 2 aromatic rings. The van der Waals surface area contributed by atoms with Gasteiger partial charge in [0.15, 0.2) is 0 Å². The van der Waals surface area contributed by atoms with E-state index in [1.807, 2.05) is 18.3 Å². The fourth-order valence-electron chi connectivity index (χ4n) is 2.21. The Hall–Kier alpha value is -1.81. The third-order valence-electron chi connectivity index (χ3n) is 3.21. The van der Waals surface area contributed by atoms with Crippen molar-refractivity contribution in [2.45, 2.75) is 25.8 Å². The highest BCUT2D eigenvalue weighted by Crippen LogP contribution is 2.23. The summed E-state index contributed by atoms with van der Waals surface area (Å²) in [5, 5.41) is 1.13. The number of ether oxygens (including phenoxy) is 1. The van der Waals surface area contributed by atoms with Crippen LogP contribution in [-0.2, 0) is 22.4 Å². The maximum Gasteiger partial charge on any atom is 0.322 e. The van der Waals surface area contributed by atoms with Gasteiger partial charge in [0.05, 0.1) is 7.11 Å². The number of nitrogens with two attached hydrogens (primary N) is 1. The maximum absolute atomic E-state index is 11.3. The molecule has 1 atom stereocenters. The number of rotatable bonds is 4. The van der Waals surface area contributed by atoms with Gasteiger partial charge in [-0.15, -0.1) is 0 Å². The molecule has 2 rings (SSSR count). The predicted molar refractivity (Wildman–Crippen MR) is 71.4 cm³/mol. The minimum absolute atomic E-state index is 0.379. The summed E-state index contributed by atoms with van der Waals surface area (Å²) in [6.45, 7) is 2.12. The number of benzene rings is 1. The number of fused-ring (bicyclic) bond motifs is 1. The van der Waals surface area contributed by atoms with Gasteiger partial charge in [0, 0.05) is 23.5 Å². The van der Waals surface area contributed by atoms with Crippen LogP contribution >= 0.6 is 0 Å². The van der Waals surface area contributed by atoms with E-state index in [0.29, 0.717) is 6.42 Å². The molecule has 0 radical (unpaired) electrons. The minimum atomic E-state index is -0.612. The van der Waals surface area contributed by atoms with Crippen LogP contribution < -0.4 is 5.73 Å². The van der Waals surface area contributed by atoms with Crippen LogP contribution in [0, 0.1) is 0 Å². The highest BCUT2D eigenvalue weighted by molar-refractivity contribution is 5.87. The molecular formula is C14H18N2O2. The molecule has 0 saturated heterocycles. The monoisotopic (exact) mass is 246 g/mol. The molecule has 0 aliphatic carbocycles. The van der Waals surface area contributed by atoms with Gasteiger partial charge in [-0.2, -0.15) is 0 Å². The highest BCUT2D eigenvalue weighted by Gasteiger charge is 2.16. The highest BCUT2D eigenvalue weighted by atomic mass is 16.5. The number of aromatic amines is 1. The zero-order valence-electron chi connectivity index (χ0n) is 10.7. The van der Waals surface area contributed by atoms with E-state index < -0.39 is 6.04 Å². The molecule has 0 amide bonds. The second kappa shape index (κ2) is 5.23. The Morgan fingerprint density at radius 2 is 2.22 bits per heavy atom. The van der Waals surface area contributed by atoms with Crippen LogP contribution in [0.4, 0.5) is 0 Å². The van der Waals surface area contributed by atoms with Gasteiger partial charge in [-0.3, -0.25) is 4.79 Å². The zero-order chi connectivity index (χ0) is 13.1. The topological polar surface area (TPSA) is 68.1 Å². The molecule has 96 valence electrons. The zero-order valence-corrected chi connectivity index (χ0v) is 10.7. The molecule has 0 spiro atoms. The number of H-pyrrole nitrogens is 1. The molecule has 0 fully saturated rings. The lowest BCUT2D eigenvalue weighted by atomic mass is 10.0. The van der Waals surface area contributed by atoms with Gasteiger partial charge < -0.3 is 15.5 Å². The molecule has 0 aliphatic heterocycles. The van der Waals surface area contributed by atoms with Crippen LogP contribution in [0.5, 0.6) is 0 Å². The van der Waals surface area contributed by atoms with Gasteiger partial charge in [-0.1, -0.05) is 25.1 Å². The molecule has 1 aromatic carbocycles. The first-order chi connectivity index (χ1) is 8.67. The van der Waals surface area contributed by atoms with E-state index in [1.54, 1.807) is 0 Å². The van der Waals surface area contributed by atoms with Crippen molar-refractivity contribution in [1.29, 1.82) is 0 Å². The third kappa shape index (κ3) is 2.24. The molecule has 18 heavy (non-hydrogen) atoms. The minimum Gasteiger partial charge on any atom is -0.468 e. The quantitative estimate of drug-likeness (QED) is 0.808. The fraction of sp³-hybridized carbons (Fsp3) is 0.357. The number of esters is 1. The third-order valence-corrected chi connectivity index (χ3v) is 3.21. The Kier molecular flexibility index (Phi) is 3.67. The van der Waals surface area contributed by atoms with Crippen LogP contribution in [0.15, 0.2) is 24.4 Å². The van der Waals surface area contributed by atoms with Crippen LogP contribution in [0.2, 0.25) is 0 Å². The number of nitrogens with one attached hydrogen (secondary N) is 1. The van der Waals surface area contributed by atoms with Crippen molar-refractivity contribution < 1.29 is 9.53 Å². The fourth-order valence-corrected chi connectivity index (χ4v) is 2.21. The summed E-state index contributed by atoms with van der Waals surface area (Å²) in [5.74, 6) is -0.379. The molecule has 1 aromatic heterocycles. The second-order valence-electron chi connectivity index (χ2n) is 4.34. The Bertz CT molecular complexity index is 560. The molecule has 4 nitrogen and oxygen atoms in total.